The zero-order valence-electron chi connectivity index (χ0n) is 21.1. The van der Waals surface area contributed by atoms with E-state index in [-0.39, 0.29) is 5.54 Å². The first-order valence-corrected chi connectivity index (χ1v) is 12.8. The van der Waals surface area contributed by atoms with Crippen molar-refractivity contribution >= 4 is 17.2 Å². The minimum absolute atomic E-state index is 0.351. The van der Waals surface area contributed by atoms with Crippen LogP contribution in [0.2, 0.25) is 5.02 Å². The van der Waals surface area contributed by atoms with Gasteiger partial charge in [-0.2, -0.15) is 0 Å². The number of benzene rings is 2. The molecule has 1 saturated carbocycles. The number of methoxy groups -OCH3 is 2. The molecule has 1 aliphatic carbocycles. The molecule has 5 rings (SSSR count). The molecule has 0 spiro atoms. The lowest BCUT2D eigenvalue weighted by molar-refractivity contribution is 0.251. The van der Waals surface area contributed by atoms with E-state index >= 15 is 0 Å². The summed E-state index contributed by atoms with van der Waals surface area (Å²) < 4.78 is 12.9. The highest BCUT2D eigenvalue weighted by Crippen LogP contribution is 2.42. The number of hydrogen-bond acceptors (Lipinski definition) is 5. The number of nitrogens with two attached hydrogens (primary N) is 1. The van der Waals surface area contributed by atoms with Crippen molar-refractivity contribution in [2.75, 3.05) is 14.2 Å². The number of nitrogens with zero attached hydrogens (tertiary/aromatic N) is 2. The largest absolute Gasteiger partial charge is 0.495 e. The number of nitrogens with one attached hydrogen (secondary N) is 1. The lowest BCUT2D eigenvalue weighted by Gasteiger charge is -2.38. The predicted octanol–water partition coefficient (Wildman–Crippen LogP) is 5.87. The second-order valence-corrected chi connectivity index (χ2v) is 10.1. The molecule has 0 saturated heterocycles. The minimum atomic E-state index is -0.351. The molecule has 1 aliphatic rings. The molecule has 0 radical (unpaired) electrons. The highest BCUT2D eigenvalue weighted by Gasteiger charge is 2.33. The summed E-state index contributed by atoms with van der Waals surface area (Å²) in [5.41, 5.74) is 12.9. The lowest BCUT2D eigenvalue weighted by Crippen LogP contribution is -2.45. The maximum Gasteiger partial charge on any atom is 0.150 e. The molecule has 0 aliphatic heterocycles. The van der Waals surface area contributed by atoms with Crippen molar-refractivity contribution in [3.63, 3.8) is 0 Å². The number of rotatable bonds is 7. The fourth-order valence-corrected chi connectivity index (χ4v) is 5.53. The third-order valence-corrected chi connectivity index (χ3v) is 7.87. The molecule has 7 heteroatoms. The van der Waals surface area contributed by atoms with Crippen LogP contribution in [-0.2, 0) is 12.1 Å². The van der Waals surface area contributed by atoms with Gasteiger partial charge in [-0.3, -0.25) is 0 Å². The van der Waals surface area contributed by atoms with E-state index in [1.165, 1.54) is 11.1 Å². The van der Waals surface area contributed by atoms with Crippen LogP contribution in [0, 0.1) is 6.92 Å². The van der Waals surface area contributed by atoms with E-state index in [1.54, 1.807) is 14.2 Å². The third kappa shape index (κ3) is 4.69. The normalized spacial score (nSPS) is 20.0. The lowest BCUT2D eigenvalue weighted by atomic mass is 9.76. The Morgan fingerprint density at radius 3 is 2.61 bits per heavy atom. The molecule has 188 valence electrons. The summed E-state index contributed by atoms with van der Waals surface area (Å²) in [6.07, 6.45) is 7.99. The molecule has 4 aromatic rings. The zero-order valence-corrected chi connectivity index (χ0v) is 21.8. The Balaban J connectivity index is 1.32. The molecular formula is C29H33ClN4O2. The molecule has 3 N–H and O–H groups in total. The Morgan fingerprint density at radius 1 is 1.11 bits per heavy atom. The van der Waals surface area contributed by atoms with E-state index in [9.17, 15) is 0 Å². The number of halogens is 1. The maximum atomic E-state index is 6.96. The van der Waals surface area contributed by atoms with Crippen LogP contribution in [0.1, 0.15) is 42.4 Å². The van der Waals surface area contributed by atoms with Crippen molar-refractivity contribution in [2.45, 2.75) is 50.7 Å². The summed E-state index contributed by atoms with van der Waals surface area (Å²) in [7, 11) is 3.19. The average molecular weight is 505 g/mol. The first-order chi connectivity index (χ1) is 17.4. The summed E-state index contributed by atoms with van der Waals surface area (Å²) in [6, 6.07) is 17.0. The number of aromatic nitrogens is 2. The van der Waals surface area contributed by atoms with Crippen molar-refractivity contribution in [3.8, 4) is 22.8 Å². The molecule has 0 amide bonds. The van der Waals surface area contributed by atoms with Gasteiger partial charge in [0, 0.05) is 36.1 Å². The summed E-state index contributed by atoms with van der Waals surface area (Å²) in [5, 5.41) is 4.17. The first-order valence-electron chi connectivity index (χ1n) is 12.4. The molecule has 0 unspecified atom stereocenters. The quantitative estimate of drug-likeness (QED) is 0.329. The number of imidazole rings is 1. The monoisotopic (exact) mass is 504 g/mol. The molecule has 0 atom stereocenters. The van der Waals surface area contributed by atoms with Crippen LogP contribution >= 0.6 is 11.6 Å². The van der Waals surface area contributed by atoms with Crippen LogP contribution in [0.5, 0.6) is 11.5 Å². The van der Waals surface area contributed by atoms with Crippen LogP contribution in [0.15, 0.2) is 60.9 Å². The van der Waals surface area contributed by atoms with Gasteiger partial charge in [0.2, 0.25) is 0 Å². The van der Waals surface area contributed by atoms with Crippen molar-refractivity contribution in [1.82, 2.24) is 14.7 Å². The second-order valence-electron chi connectivity index (χ2n) is 9.71. The van der Waals surface area contributed by atoms with Gasteiger partial charge in [0.05, 0.1) is 19.9 Å². The van der Waals surface area contributed by atoms with Crippen molar-refractivity contribution in [1.29, 1.82) is 0 Å². The topological polar surface area (TPSA) is 73.8 Å². The number of hydrogen-bond donors (Lipinski definition) is 2. The predicted molar refractivity (Wildman–Crippen MR) is 145 cm³/mol. The van der Waals surface area contributed by atoms with Crippen LogP contribution in [0.3, 0.4) is 0 Å². The second kappa shape index (κ2) is 10.1. The van der Waals surface area contributed by atoms with Crippen LogP contribution in [-0.4, -0.2) is 29.6 Å². The fraction of sp³-hybridized carbons (Fsp3) is 0.345. The first kappa shape index (κ1) is 24.6. The van der Waals surface area contributed by atoms with Gasteiger partial charge in [-0.25, -0.2) is 4.98 Å². The Morgan fingerprint density at radius 2 is 1.89 bits per heavy atom. The average Bonchev–Trinajstić information content (AvgIpc) is 3.32. The van der Waals surface area contributed by atoms with E-state index < -0.39 is 0 Å². The van der Waals surface area contributed by atoms with E-state index in [4.69, 9.17) is 31.8 Å². The number of pyridine rings is 1. The summed E-state index contributed by atoms with van der Waals surface area (Å²) in [5.74, 6) is 1.11. The molecule has 2 aromatic carbocycles. The molecule has 6 nitrogen and oxygen atoms in total. The van der Waals surface area contributed by atoms with E-state index in [1.807, 2.05) is 28.9 Å². The van der Waals surface area contributed by atoms with Crippen molar-refractivity contribution in [3.05, 3.63) is 82.6 Å². The molecule has 1 fully saturated rings. The van der Waals surface area contributed by atoms with Gasteiger partial charge in [0.1, 0.15) is 16.4 Å². The van der Waals surface area contributed by atoms with E-state index in [0.29, 0.717) is 22.6 Å². The molecule has 2 heterocycles. The highest BCUT2D eigenvalue weighted by atomic mass is 35.5. The standard InChI is InChI=1S/C29H33ClN4O2/c1-19-6-4-5-7-20(19)17-32-22-10-13-29(31,14-11-22)21-12-15-34-18-24(33-26(34)16-21)23-8-9-25(35-2)27(30)28(23)36-3/h4-9,12,15-16,18,22,32H,10-11,13-14,17,31H2,1-3H3. The van der Waals surface area contributed by atoms with Crippen LogP contribution in [0.25, 0.3) is 16.9 Å². The number of fused-ring (bicyclic) bond motifs is 1. The van der Waals surface area contributed by atoms with Gasteiger partial charge in [-0.05, 0) is 73.6 Å². The van der Waals surface area contributed by atoms with Gasteiger partial charge in [0.15, 0.2) is 5.75 Å². The Hall–Kier alpha value is -3.06. The van der Waals surface area contributed by atoms with E-state index in [0.717, 1.165) is 54.7 Å². The Bertz CT molecular complexity index is 1380. The zero-order chi connectivity index (χ0) is 25.3. The SMILES string of the molecule is COc1ccc(-c2cn3ccc(C4(N)CCC(NCc5ccccc5C)CC4)cc3n2)c(OC)c1Cl. The molecule has 36 heavy (non-hydrogen) atoms. The fourth-order valence-electron chi connectivity index (χ4n) is 5.21. The van der Waals surface area contributed by atoms with Gasteiger partial charge >= 0.3 is 0 Å². The highest BCUT2D eigenvalue weighted by molar-refractivity contribution is 6.34. The Kier molecular flexibility index (Phi) is 6.93. The van der Waals surface area contributed by atoms with E-state index in [2.05, 4.69) is 48.6 Å². The summed E-state index contributed by atoms with van der Waals surface area (Å²) in [6.45, 7) is 3.07. The third-order valence-electron chi connectivity index (χ3n) is 7.52. The Labute approximate surface area is 217 Å². The molecule has 0 bridgehead atoms. The summed E-state index contributed by atoms with van der Waals surface area (Å²) >= 11 is 6.48. The number of aryl methyl sites for hydroxylation is 1. The van der Waals surface area contributed by atoms with Crippen LogP contribution in [0.4, 0.5) is 0 Å². The molecular weight excluding hydrogens is 472 g/mol. The van der Waals surface area contributed by atoms with Gasteiger partial charge in [0.25, 0.3) is 0 Å². The minimum Gasteiger partial charge on any atom is -0.495 e. The summed E-state index contributed by atoms with van der Waals surface area (Å²) in [4.78, 5) is 4.88. The van der Waals surface area contributed by atoms with Crippen LogP contribution < -0.4 is 20.5 Å². The number of ether oxygens (including phenoxy) is 2. The van der Waals surface area contributed by atoms with Crippen molar-refractivity contribution < 1.29 is 9.47 Å². The van der Waals surface area contributed by atoms with Crippen molar-refractivity contribution in [2.24, 2.45) is 5.73 Å². The van der Waals surface area contributed by atoms with Gasteiger partial charge in [-0.1, -0.05) is 35.9 Å². The van der Waals surface area contributed by atoms with Gasteiger partial charge < -0.3 is 24.9 Å². The smallest absolute Gasteiger partial charge is 0.150 e. The maximum absolute atomic E-state index is 6.96. The molecule has 2 aromatic heterocycles. The van der Waals surface area contributed by atoms with Gasteiger partial charge in [-0.15, -0.1) is 0 Å².